The third-order valence-corrected chi connectivity index (χ3v) is 3.45. The molecule has 4 heteroatoms. The monoisotopic (exact) mass is 256 g/mol. The average molecular weight is 256 g/mol. The third-order valence-electron chi connectivity index (χ3n) is 3.45. The van der Waals surface area contributed by atoms with Crippen molar-refractivity contribution in [1.82, 2.24) is 9.78 Å². The average Bonchev–Trinajstić information content (AvgIpc) is 2.98. The zero-order valence-corrected chi connectivity index (χ0v) is 10.7. The van der Waals surface area contributed by atoms with Crippen LogP contribution >= 0.6 is 0 Å². The Hall–Kier alpha value is -1.94. The molecule has 0 spiro atoms. The van der Waals surface area contributed by atoms with Crippen molar-refractivity contribution in [2.45, 2.75) is 25.5 Å². The number of rotatable bonds is 3. The summed E-state index contributed by atoms with van der Waals surface area (Å²) in [5.74, 6) is 0. The Morgan fingerprint density at radius 1 is 1.32 bits per heavy atom. The van der Waals surface area contributed by atoms with Gasteiger partial charge in [-0.2, -0.15) is 5.10 Å². The maximum absolute atomic E-state index is 11.1. The van der Waals surface area contributed by atoms with Crippen molar-refractivity contribution < 1.29 is 9.53 Å². The van der Waals surface area contributed by atoms with E-state index < -0.39 is 0 Å². The molecule has 1 atom stereocenters. The van der Waals surface area contributed by atoms with Gasteiger partial charge in [0.15, 0.2) is 6.29 Å². The molecule has 0 radical (unpaired) electrons. The lowest BCUT2D eigenvalue weighted by Crippen LogP contribution is -2.18. The molecule has 0 amide bonds. The van der Waals surface area contributed by atoms with Gasteiger partial charge in [-0.05, 0) is 24.8 Å². The maximum Gasteiger partial charge on any atom is 0.150 e. The number of aldehydes is 1. The predicted octanol–water partition coefficient (Wildman–Crippen LogP) is 3.06. The summed E-state index contributed by atoms with van der Waals surface area (Å²) < 4.78 is 7.56. The lowest BCUT2D eigenvalue weighted by Gasteiger charge is -2.22. The molecule has 0 N–H and O–H groups in total. The molecule has 98 valence electrons. The van der Waals surface area contributed by atoms with Gasteiger partial charge in [0, 0.05) is 23.9 Å². The smallest absolute Gasteiger partial charge is 0.150 e. The molecule has 4 nitrogen and oxygen atoms in total. The molecule has 3 rings (SSSR count). The van der Waals surface area contributed by atoms with E-state index in [1.54, 1.807) is 6.20 Å². The number of carbonyl (C=O) groups is 1. The van der Waals surface area contributed by atoms with E-state index in [0.717, 1.165) is 36.9 Å². The van der Waals surface area contributed by atoms with Crippen molar-refractivity contribution in [3.63, 3.8) is 0 Å². The molecule has 1 aromatic heterocycles. The zero-order chi connectivity index (χ0) is 13.1. The third kappa shape index (κ3) is 2.44. The Balaban J connectivity index is 1.90. The largest absolute Gasteiger partial charge is 0.357 e. The van der Waals surface area contributed by atoms with Crippen LogP contribution in [0.5, 0.6) is 0 Å². The molecule has 2 aromatic rings. The van der Waals surface area contributed by atoms with Gasteiger partial charge in [-0.3, -0.25) is 4.79 Å². The molecule has 2 heterocycles. The Kier molecular flexibility index (Phi) is 3.42. The Morgan fingerprint density at radius 3 is 3.00 bits per heavy atom. The van der Waals surface area contributed by atoms with Crippen molar-refractivity contribution in [2.24, 2.45) is 0 Å². The quantitative estimate of drug-likeness (QED) is 0.793. The van der Waals surface area contributed by atoms with Crippen LogP contribution in [0.4, 0.5) is 0 Å². The van der Waals surface area contributed by atoms with E-state index in [4.69, 9.17) is 4.74 Å². The van der Waals surface area contributed by atoms with Crippen LogP contribution in [0.3, 0.4) is 0 Å². The summed E-state index contributed by atoms with van der Waals surface area (Å²) in [6, 6.07) is 7.54. The predicted molar refractivity (Wildman–Crippen MR) is 71.9 cm³/mol. The van der Waals surface area contributed by atoms with E-state index in [0.29, 0.717) is 5.56 Å². The number of hydrogen-bond acceptors (Lipinski definition) is 3. The number of aromatic nitrogens is 2. The van der Waals surface area contributed by atoms with Crippen molar-refractivity contribution in [1.29, 1.82) is 0 Å². The van der Waals surface area contributed by atoms with E-state index >= 15 is 0 Å². The van der Waals surface area contributed by atoms with Gasteiger partial charge >= 0.3 is 0 Å². The Labute approximate surface area is 112 Å². The van der Waals surface area contributed by atoms with Crippen LogP contribution in [0.1, 0.15) is 35.8 Å². The van der Waals surface area contributed by atoms with Crippen molar-refractivity contribution in [3.05, 3.63) is 42.2 Å². The number of ether oxygens (including phenoxy) is 1. The number of nitrogens with zero attached hydrogens (tertiary/aromatic N) is 2. The van der Waals surface area contributed by atoms with Crippen molar-refractivity contribution in [3.8, 4) is 11.1 Å². The normalized spacial score (nSPS) is 19.3. The molecule has 19 heavy (non-hydrogen) atoms. The molecule has 1 unspecified atom stereocenters. The number of benzene rings is 1. The number of carbonyl (C=O) groups excluding carboxylic acids is 1. The van der Waals surface area contributed by atoms with Crippen LogP contribution in [0.25, 0.3) is 11.1 Å². The highest BCUT2D eigenvalue weighted by Gasteiger charge is 2.17. The van der Waals surface area contributed by atoms with E-state index in [9.17, 15) is 4.79 Å². The van der Waals surface area contributed by atoms with Crippen LogP contribution < -0.4 is 0 Å². The van der Waals surface area contributed by atoms with Gasteiger partial charge in [0.25, 0.3) is 0 Å². The molecule has 1 aliphatic rings. The van der Waals surface area contributed by atoms with Gasteiger partial charge in [-0.25, -0.2) is 4.68 Å². The summed E-state index contributed by atoms with van der Waals surface area (Å²) in [6.07, 6.45) is 7.95. The van der Waals surface area contributed by atoms with Gasteiger partial charge < -0.3 is 4.74 Å². The van der Waals surface area contributed by atoms with Gasteiger partial charge in [0.05, 0.1) is 6.20 Å². The lowest BCUT2D eigenvalue weighted by atomic mass is 10.0. The Morgan fingerprint density at radius 2 is 2.21 bits per heavy atom. The van der Waals surface area contributed by atoms with Crippen LogP contribution in [-0.4, -0.2) is 22.7 Å². The first-order valence-electron chi connectivity index (χ1n) is 6.59. The topological polar surface area (TPSA) is 44.1 Å². The van der Waals surface area contributed by atoms with Crippen molar-refractivity contribution >= 4 is 6.29 Å². The zero-order valence-electron chi connectivity index (χ0n) is 10.7. The van der Waals surface area contributed by atoms with Crippen LogP contribution in [0.15, 0.2) is 36.7 Å². The molecule has 1 aliphatic heterocycles. The first-order valence-corrected chi connectivity index (χ1v) is 6.59. The highest BCUT2D eigenvalue weighted by Crippen LogP contribution is 2.26. The van der Waals surface area contributed by atoms with Gasteiger partial charge in [0.2, 0.25) is 0 Å². The highest BCUT2D eigenvalue weighted by molar-refractivity contribution is 5.87. The summed E-state index contributed by atoms with van der Waals surface area (Å²) in [5.41, 5.74) is 2.56. The van der Waals surface area contributed by atoms with Crippen LogP contribution in [0.2, 0.25) is 0 Å². The van der Waals surface area contributed by atoms with Crippen molar-refractivity contribution in [2.75, 3.05) is 6.61 Å². The summed E-state index contributed by atoms with van der Waals surface area (Å²) in [7, 11) is 0. The summed E-state index contributed by atoms with van der Waals surface area (Å²) in [5, 5.41) is 4.37. The van der Waals surface area contributed by atoms with E-state index in [1.807, 2.05) is 35.1 Å². The van der Waals surface area contributed by atoms with E-state index in [1.165, 1.54) is 6.42 Å². The summed E-state index contributed by atoms with van der Waals surface area (Å²) in [6.45, 7) is 0.796. The van der Waals surface area contributed by atoms with Gasteiger partial charge in [0.1, 0.15) is 6.23 Å². The second kappa shape index (κ2) is 5.36. The highest BCUT2D eigenvalue weighted by atomic mass is 16.5. The maximum atomic E-state index is 11.1. The van der Waals surface area contributed by atoms with Gasteiger partial charge in [-0.1, -0.05) is 24.3 Å². The molecule has 1 fully saturated rings. The standard InChI is InChI=1S/C15H16N2O2/c18-11-12-5-1-2-6-14(12)13-9-16-17(10-13)15-7-3-4-8-19-15/h1-2,5-6,9-11,15H,3-4,7-8H2. The minimum atomic E-state index is 0.0332. The summed E-state index contributed by atoms with van der Waals surface area (Å²) >= 11 is 0. The van der Waals surface area contributed by atoms with Gasteiger partial charge in [-0.15, -0.1) is 0 Å². The minimum Gasteiger partial charge on any atom is -0.357 e. The molecular formula is C15H16N2O2. The van der Waals surface area contributed by atoms with Crippen LogP contribution in [-0.2, 0) is 4.74 Å². The molecule has 1 aromatic carbocycles. The summed E-state index contributed by atoms with van der Waals surface area (Å²) in [4.78, 5) is 11.1. The molecule has 0 saturated carbocycles. The van der Waals surface area contributed by atoms with E-state index in [-0.39, 0.29) is 6.23 Å². The fourth-order valence-corrected chi connectivity index (χ4v) is 2.43. The van der Waals surface area contributed by atoms with E-state index in [2.05, 4.69) is 5.10 Å². The fraction of sp³-hybridized carbons (Fsp3) is 0.333. The first-order chi connectivity index (χ1) is 9.38. The second-order valence-electron chi connectivity index (χ2n) is 4.74. The Bertz CT molecular complexity index is 571. The molecule has 1 saturated heterocycles. The van der Waals surface area contributed by atoms with Crippen LogP contribution in [0, 0.1) is 0 Å². The first kappa shape index (κ1) is 12.1. The SMILES string of the molecule is O=Cc1ccccc1-c1cnn(C2CCCCO2)c1. The second-order valence-corrected chi connectivity index (χ2v) is 4.74. The number of hydrogen-bond donors (Lipinski definition) is 0. The minimum absolute atomic E-state index is 0.0332. The fourth-order valence-electron chi connectivity index (χ4n) is 2.43. The lowest BCUT2D eigenvalue weighted by molar-refractivity contribution is -0.0394. The molecular weight excluding hydrogens is 240 g/mol. The molecule has 0 aliphatic carbocycles. The molecule has 0 bridgehead atoms.